The lowest BCUT2D eigenvalue weighted by atomic mass is 9.79. The fourth-order valence-corrected chi connectivity index (χ4v) is 13.1. The van der Waals surface area contributed by atoms with Crippen molar-refractivity contribution in [1.82, 2.24) is 29.0 Å². The Morgan fingerprint density at radius 2 is 1.61 bits per heavy atom. The van der Waals surface area contributed by atoms with Gasteiger partial charge in [-0.1, -0.05) is 27.4 Å². The molecule has 0 bridgehead atoms. The van der Waals surface area contributed by atoms with Crippen molar-refractivity contribution in [2.24, 2.45) is 12.5 Å². The highest BCUT2D eigenvalue weighted by molar-refractivity contribution is 6.34. The van der Waals surface area contributed by atoms with Gasteiger partial charge in [0, 0.05) is 136 Å². The van der Waals surface area contributed by atoms with Gasteiger partial charge in [0.2, 0.25) is 5.91 Å². The van der Waals surface area contributed by atoms with Gasteiger partial charge in [-0.2, -0.15) is 0 Å². The zero-order chi connectivity index (χ0) is 55.8. The maximum Gasteiger partial charge on any atom is 0.293 e. The van der Waals surface area contributed by atoms with E-state index in [0.29, 0.717) is 95.4 Å². The number of aromatic nitrogens is 5. The zero-order valence-corrected chi connectivity index (χ0v) is 46.1. The minimum atomic E-state index is -0.419. The van der Waals surface area contributed by atoms with Crippen molar-refractivity contribution >= 4 is 63.7 Å². The maximum atomic E-state index is 14.1. The first kappa shape index (κ1) is 52.7. The number of nitrogens with one attached hydrogen (secondary N) is 2. The van der Waals surface area contributed by atoms with Gasteiger partial charge in [-0.25, -0.2) is 14.9 Å². The molecule has 0 radical (unpaired) electrons. The first-order valence-electron chi connectivity index (χ1n) is 27.9. The minimum Gasteiger partial charge on any atom is -0.392 e. The van der Waals surface area contributed by atoms with E-state index in [-0.39, 0.29) is 46.3 Å². The van der Waals surface area contributed by atoms with Gasteiger partial charge in [-0.15, -0.1) is 0 Å². The maximum absolute atomic E-state index is 14.1. The van der Waals surface area contributed by atoms with Crippen LogP contribution in [0.4, 0.5) is 40.1 Å². The van der Waals surface area contributed by atoms with Crippen molar-refractivity contribution < 1.29 is 29.0 Å². The second-order valence-electron chi connectivity index (χ2n) is 23.4. The van der Waals surface area contributed by atoms with Gasteiger partial charge in [-0.3, -0.25) is 38.8 Å². The van der Waals surface area contributed by atoms with Crippen LogP contribution in [0.2, 0.25) is 0 Å². The number of imide groups is 1. The SMILES string of the molecule is C=CC(=O)Nc1cc(Nc2nc(-c3ccnc(N4CCn5c(cc6c5CC(C)(C)C6)C4=O)c3CO)cn(C)c2=O)ccc1N1CCN(C2CCN(c3ccc4c(c3)C(=O)N(c3ccnc(C5(C)CCOCC5)c3)C4=O)CC2)CC1C. The highest BCUT2D eigenvalue weighted by Gasteiger charge is 2.41. The van der Waals surface area contributed by atoms with E-state index in [1.54, 1.807) is 54.8 Å². The number of rotatable bonds is 12. The molecule has 6 aromatic rings. The molecule has 4 aromatic heterocycles. The smallest absolute Gasteiger partial charge is 0.293 e. The topological polar surface area (TPSA) is 204 Å². The lowest BCUT2D eigenvalue weighted by Crippen LogP contribution is -2.57. The number of amides is 4. The number of nitrogens with zero attached hydrogens (tertiary/aromatic N) is 10. The fourth-order valence-electron chi connectivity index (χ4n) is 13.1. The number of piperazine rings is 1. The number of hydrogen-bond donors (Lipinski definition) is 3. The van der Waals surface area contributed by atoms with Crippen LogP contribution < -0.4 is 35.8 Å². The van der Waals surface area contributed by atoms with Crippen LogP contribution in [-0.2, 0) is 48.0 Å². The largest absolute Gasteiger partial charge is 0.392 e. The molecule has 1 unspecified atom stereocenters. The Bertz CT molecular complexity index is 3570. The van der Waals surface area contributed by atoms with Crippen LogP contribution in [0.1, 0.15) is 107 Å². The number of carbonyl (C=O) groups excluding carboxylic acids is 4. The molecule has 0 saturated carbocycles. The number of pyridine rings is 2. The number of ether oxygens (including phenoxy) is 1. The van der Waals surface area contributed by atoms with E-state index in [1.165, 1.54) is 26.8 Å². The average Bonchev–Trinajstić information content (AvgIpc) is 4.14. The Balaban J connectivity index is 0.712. The summed E-state index contributed by atoms with van der Waals surface area (Å²) in [4.78, 5) is 92.8. The van der Waals surface area contributed by atoms with Gasteiger partial charge in [-0.05, 0) is 123 Å². The molecule has 9 heterocycles. The number of fused-ring (bicyclic) bond motifs is 4. The highest BCUT2D eigenvalue weighted by Crippen LogP contribution is 2.42. The number of benzene rings is 2. The van der Waals surface area contributed by atoms with Crippen LogP contribution in [-0.4, -0.2) is 122 Å². The van der Waals surface area contributed by atoms with Gasteiger partial charge in [0.25, 0.3) is 23.3 Å². The quantitative estimate of drug-likeness (QED) is 0.0818. The Hall–Kier alpha value is -8.00. The van der Waals surface area contributed by atoms with Crippen molar-refractivity contribution in [2.75, 3.05) is 82.7 Å². The number of hydrogen-bond acceptors (Lipinski definition) is 14. The molecule has 3 fully saturated rings. The molecule has 0 spiro atoms. The predicted molar refractivity (Wildman–Crippen MR) is 307 cm³/mol. The Morgan fingerprint density at radius 3 is 2.38 bits per heavy atom. The predicted octanol–water partition coefficient (Wildman–Crippen LogP) is 7.23. The van der Waals surface area contributed by atoms with E-state index in [1.807, 2.05) is 36.4 Å². The first-order valence-corrected chi connectivity index (χ1v) is 27.9. The monoisotopic (exact) mass is 1080 g/mol. The summed E-state index contributed by atoms with van der Waals surface area (Å²) in [7, 11) is 1.63. The van der Waals surface area contributed by atoms with E-state index >= 15 is 0 Å². The standard InChI is InChI=1S/C61H68N12O7/c1-7-53(75)65-47-29-39(64-54-59(79)67(6)35-48(66-54)43-13-19-63-55(46(43)36-74)72-25-24-71-50(58(72)78)28-38-32-60(3,4)33-51(38)71)8-11-49(47)70-23-22-69(34-37(70)2)40-14-20-68(21-15-40)41-9-10-44-45(30-41)57(77)73(56(44)76)42-12-18-62-52(31-42)61(5)16-26-80-27-17-61/h7-13,18-19,28-31,35,37,40,74H,1,14-17,20-27,32-34,36H2,2-6H3,(H,64,66)(H,65,75). The summed E-state index contributed by atoms with van der Waals surface area (Å²) in [6, 6.07) is 19.0. The third kappa shape index (κ3) is 9.43. The van der Waals surface area contributed by atoms with Gasteiger partial charge >= 0.3 is 0 Å². The van der Waals surface area contributed by atoms with Gasteiger partial charge in [0.15, 0.2) is 5.82 Å². The second kappa shape index (κ2) is 20.6. The molecule has 5 aliphatic heterocycles. The molecule has 19 heteroatoms. The van der Waals surface area contributed by atoms with Crippen LogP contribution in [0.3, 0.4) is 0 Å². The summed E-state index contributed by atoms with van der Waals surface area (Å²) in [6.45, 7) is 18.3. The number of anilines is 7. The van der Waals surface area contributed by atoms with Crippen LogP contribution in [0.25, 0.3) is 11.3 Å². The molecule has 3 N–H and O–H groups in total. The third-order valence-electron chi connectivity index (χ3n) is 17.5. The molecule has 12 rings (SSSR count). The van der Waals surface area contributed by atoms with Crippen LogP contribution in [0.5, 0.6) is 0 Å². The van der Waals surface area contributed by atoms with Crippen molar-refractivity contribution in [3.8, 4) is 11.3 Å². The highest BCUT2D eigenvalue weighted by atomic mass is 16.5. The van der Waals surface area contributed by atoms with Gasteiger partial charge in [0.05, 0.1) is 40.5 Å². The molecule has 3 saturated heterocycles. The van der Waals surface area contributed by atoms with Gasteiger partial charge < -0.3 is 39.4 Å². The lowest BCUT2D eigenvalue weighted by Gasteiger charge is -2.47. The molecule has 4 amide bonds. The first-order chi connectivity index (χ1) is 38.5. The zero-order valence-electron chi connectivity index (χ0n) is 46.1. The lowest BCUT2D eigenvalue weighted by molar-refractivity contribution is -0.111. The third-order valence-corrected chi connectivity index (χ3v) is 17.5. The molecule has 1 aliphatic carbocycles. The molecule has 19 nitrogen and oxygen atoms in total. The van der Waals surface area contributed by atoms with E-state index in [0.717, 1.165) is 81.8 Å². The summed E-state index contributed by atoms with van der Waals surface area (Å²) in [5.74, 6) is -0.816. The second-order valence-corrected chi connectivity index (χ2v) is 23.4. The van der Waals surface area contributed by atoms with Crippen LogP contribution in [0, 0.1) is 5.41 Å². The van der Waals surface area contributed by atoms with E-state index < -0.39 is 12.2 Å². The molecule has 1 atom stereocenters. The number of carbonyl (C=O) groups is 4. The molecular formula is C61H68N12O7. The van der Waals surface area contributed by atoms with Crippen LogP contribution in [0.15, 0.2) is 96.7 Å². The number of piperidine rings is 1. The van der Waals surface area contributed by atoms with Gasteiger partial charge in [0.1, 0.15) is 11.5 Å². The minimum absolute atomic E-state index is 0.0278. The molecule has 6 aliphatic rings. The fraction of sp³-hybridized carbons (Fsp3) is 0.410. The summed E-state index contributed by atoms with van der Waals surface area (Å²) in [5, 5.41) is 17.1. The Morgan fingerprint density at radius 1 is 0.838 bits per heavy atom. The summed E-state index contributed by atoms with van der Waals surface area (Å²) in [6.07, 6.45) is 11.4. The number of aliphatic hydroxyl groups is 1. The molecule has 2 aromatic carbocycles. The van der Waals surface area contributed by atoms with Crippen molar-refractivity contribution in [2.45, 2.75) is 96.9 Å². The Labute approximate surface area is 464 Å². The molecule has 414 valence electrons. The van der Waals surface area contributed by atoms with Crippen molar-refractivity contribution in [1.29, 1.82) is 0 Å². The summed E-state index contributed by atoms with van der Waals surface area (Å²) < 4.78 is 9.16. The van der Waals surface area contributed by atoms with Crippen LogP contribution >= 0.6 is 0 Å². The normalized spacial score (nSPS) is 20.0. The molecular weight excluding hydrogens is 1010 g/mol. The van der Waals surface area contributed by atoms with E-state index in [4.69, 9.17) is 9.72 Å². The summed E-state index contributed by atoms with van der Waals surface area (Å²) in [5.41, 5.74) is 9.01. The average molecular weight is 1080 g/mol. The van der Waals surface area contributed by atoms with E-state index in [9.17, 15) is 29.1 Å². The molecule has 80 heavy (non-hydrogen) atoms. The Kier molecular flexibility index (Phi) is 13.6. The van der Waals surface area contributed by atoms with Crippen molar-refractivity contribution in [3.63, 3.8) is 0 Å². The summed E-state index contributed by atoms with van der Waals surface area (Å²) >= 11 is 0. The van der Waals surface area contributed by atoms with Crippen molar-refractivity contribution in [3.05, 3.63) is 142 Å². The number of aliphatic hydroxyl groups excluding tert-OH is 1. The number of aryl methyl sites for hydroxylation is 1. The van der Waals surface area contributed by atoms with E-state index in [2.05, 4.69) is 74.1 Å².